The molecule has 24 heavy (non-hydrogen) atoms. The molecule has 0 aliphatic carbocycles. The van der Waals surface area contributed by atoms with Crippen LogP contribution in [-0.4, -0.2) is 19.8 Å². The molecule has 0 fully saturated rings. The summed E-state index contributed by atoms with van der Waals surface area (Å²) in [6.45, 7) is 5.61. The third-order valence-electron chi connectivity index (χ3n) is 3.94. The van der Waals surface area contributed by atoms with Crippen LogP contribution < -0.4 is 14.8 Å². The lowest BCUT2D eigenvalue weighted by Crippen LogP contribution is -2.26. The predicted octanol–water partition coefficient (Wildman–Crippen LogP) is 4.97. The number of halogens is 1. The van der Waals surface area contributed by atoms with Crippen LogP contribution in [0.25, 0.3) is 0 Å². The maximum Gasteiger partial charge on any atom is 0.175 e. The predicted molar refractivity (Wildman–Crippen MR) is 103 cm³/mol. The van der Waals surface area contributed by atoms with Crippen LogP contribution in [0.1, 0.15) is 31.4 Å². The van der Waals surface area contributed by atoms with E-state index in [4.69, 9.17) is 9.47 Å². The highest BCUT2D eigenvalue weighted by Gasteiger charge is 2.12. The van der Waals surface area contributed by atoms with Crippen LogP contribution in [0.5, 0.6) is 11.5 Å². The van der Waals surface area contributed by atoms with Gasteiger partial charge in [0.05, 0.1) is 18.2 Å². The van der Waals surface area contributed by atoms with Gasteiger partial charge in [0.25, 0.3) is 0 Å². The molecular formula is C20H26BrNO2. The van der Waals surface area contributed by atoms with E-state index in [-0.39, 0.29) is 0 Å². The van der Waals surface area contributed by atoms with Crippen molar-refractivity contribution in [1.82, 2.24) is 5.32 Å². The zero-order valence-electron chi connectivity index (χ0n) is 14.6. The maximum absolute atomic E-state index is 5.63. The molecular weight excluding hydrogens is 366 g/mol. The highest BCUT2D eigenvalue weighted by atomic mass is 79.9. The van der Waals surface area contributed by atoms with Gasteiger partial charge >= 0.3 is 0 Å². The summed E-state index contributed by atoms with van der Waals surface area (Å²) in [5.74, 6) is 1.53. The summed E-state index contributed by atoms with van der Waals surface area (Å²) >= 11 is 3.58. The van der Waals surface area contributed by atoms with E-state index in [1.54, 1.807) is 7.11 Å². The molecule has 2 aromatic rings. The molecule has 0 aromatic heterocycles. The minimum atomic E-state index is 0.446. The van der Waals surface area contributed by atoms with E-state index in [0.717, 1.165) is 35.4 Å². The number of benzene rings is 2. The number of nitrogens with one attached hydrogen (secondary N) is 1. The minimum Gasteiger partial charge on any atom is -0.493 e. The third-order valence-corrected chi connectivity index (χ3v) is 4.53. The smallest absolute Gasteiger partial charge is 0.175 e. The zero-order valence-corrected chi connectivity index (χ0v) is 16.2. The Morgan fingerprint density at radius 2 is 1.88 bits per heavy atom. The van der Waals surface area contributed by atoms with Gasteiger partial charge in [-0.05, 0) is 65.9 Å². The Labute approximate surface area is 153 Å². The van der Waals surface area contributed by atoms with Crippen molar-refractivity contribution < 1.29 is 9.47 Å². The average Bonchev–Trinajstić information content (AvgIpc) is 2.61. The summed E-state index contributed by atoms with van der Waals surface area (Å²) in [6.07, 6.45) is 2.20. The van der Waals surface area contributed by atoms with Crippen LogP contribution in [-0.2, 0) is 13.0 Å². The van der Waals surface area contributed by atoms with Crippen molar-refractivity contribution in [2.45, 2.75) is 39.3 Å². The van der Waals surface area contributed by atoms with Gasteiger partial charge in [-0.1, -0.05) is 30.3 Å². The minimum absolute atomic E-state index is 0.446. The summed E-state index contributed by atoms with van der Waals surface area (Å²) in [6, 6.07) is 15.2. The second-order valence-electron chi connectivity index (χ2n) is 5.85. The van der Waals surface area contributed by atoms with Crippen molar-refractivity contribution in [3.05, 3.63) is 58.1 Å². The molecule has 0 saturated carbocycles. The Morgan fingerprint density at radius 1 is 1.12 bits per heavy atom. The van der Waals surface area contributed by atoms with Crippen LogP contribution in [0.15, 0.2) is 46.9 Å². The van der Waals surface area contributed by atoms with Crippen molar-refractivity contribution >= 4 is 15.9 Å². The van der Waals surface area contributed by atoms with Crippen molar-refractivity contribution in [1.29, 1.82) is 0 Å². The fraction of sp³-hybridized carbons (Fsp3) is 0.400. The lowest BCUT2D eigenvalue weighted by atomic mass is 10.1. The molecule has 2 aromatic carbocycles. The van der Waals surface area contributed by atoms with E-state index < -0.39 is 0 Å². The quantitative estimate of drug-likeness (QED) is 0.654. The fourth-order valence-corrected chi connectivity index (χ4v) is 3.19. The first kappa shape index (κ1) is 18.8. The summed E-state index contributed by atoms with van der Waals surface area (Å²) in [5.41, 5.74) is 2.56. The topological polar surface area (TPSA) is 30.5 Å². The zero-order chi connectivity index (χ0) is 17.4. The van der Waals surface area contributed by atoms with Gasteiger partial charge in [-0.2, -0.15) is 0 Å². The van der Waals surface area contributed by atoms with E-state index in [9.17, 15) is 0 Å². The molecule has 0 aliphatic rings. The van der Waals surface area contributed by atoms with Crippen LogP contribution in [0, 0.1) is 0 Å². The van der Waals surface area contributed by atoms with Gasteiger partial charge in [-0.15, -0.1) is 0 Å². The van der Waals surface area contributed by atoms with Crippen LogP contribution >= 0.6 is 15.9 Å². The summed E-state index contributed by atoms with van der Waals surface area (Å²) in [7, 11) is 1.67. The highest BCUT2D eigenvalue weighted by Crippen LogP contribution is 2.36. The number of rotatable bonds is 9. The third kappa shape index (κ3) is 5.53. The van der Waals surface area contributed by atoms with Gasteiger partial charge in [-0.3, -0.25) is 0 Å². The van der Waals surface area contributed by atoms with Gasteiger partial charge in [0, 0.05) is 12.6 Å². The van der Waals surface area contributed by atoms with E-state index >= 15 is 0 Å². The van der Waals surface area contributed by atoms with Crippen LogP contribution in [0.4, 0.5) is 0 Å². The van der Waals surface area contributed by atoms with E-state index in [1.807, 2.05) is 13.0 Å². The standard InChI is InChI=1S/C20H26BrNO2/c1-4-24-20-18(21)12-17(13-19(20)23-3)14-22-15(2)10-11-16-8-6-5-7-9-16/h5-9,12-13,15,22H,4,10-11,14H2,1-3H3/t15-/m1/s1. The largest absolute Gasteiger partial charge is 0.493 e. The van der Waals surface area contributed by atoms with Gasteiger partial charge < -0.3 is 14.8 Å². The fourth-order valence-electron chi connectivity index (χ4n) is 2.58. The van der Waals surface area contributed by atoms with Gasteiger partial charge in [0.2, 0.25) is 0 Å². The lowest BCUT2D eigenvalue weighted by Gasteiger charge is -2.16. The first-order chi connectivity index (χ1) is 11.6. The second kappa shape index (κ2) is 9.70. The normalized spacial score (nSPS) is 12.0. The molecule has 0 spiro atoms. The molecule has 0 radical (unpaired) electrons. The molecule has 4 heteroatoms. The molecule has 3 nitrogen and oxygen atoms in total. The SMILES string of the molecule is CCOc1c(Br)cc(CN[C@H](C)CCc2ccccc2)cc1OC. The molecule has 0 bridgehead atoms. The van der Waals surface area contributed by atoms with Crippen LogP contribution in [0.2, 0.25) is 0 Å². The second-order valence-corrected chi connectivity index (χ2v) is 6.70. The van der Waals surface area contributed by atoms with Gasteiger partial charge in [-0.25, -0.2) is 0 Å². The van der Waals surface area contributed by atoms with Crippen molar-refractivity contribution in [2.75, 3.05) is 13.7 Å². The number of aryl methyl sites for hydroxylation is 1. The van der Waals surface area contributed by atoms with E-state index in [0.29, 0.717) is 12.6 Å². The van der Waals surface area contributed by atoms with Crippen molar-refractivity contribution in [3.8, 4) is 11.5 Å². The number of ether oxygens (including phenoxy) is 2. The molecule has 0 saturated heterocycles. The molecule has 1 N–H and O–H groups in total. The summed E-state index contributed by atoms with van der Waals surface area (Å²) < 4.78 is 12.0. The molecule has 130 valence electrons. The Kier molecular flexibility index (Phi) is 7.60. The molecule has 0 aliphatic heterocycles. The molecule has 2 rings (SSSR count). The van der Waals surface area contributed by atoms with E-state index in [1.165, 1.54) is 11.1 Å². The monoisotopic (exact) mass is 391 g/mol. The molecule has 0 amide bonds. The van der Waals surface area contributed by atoms with Crippen LogP contribution in [0.3, 0.4) is 0 Å². The van der Waals surface area contributed by atoms with Gasteiger partial charge in [0.15, 0.2) is 11.5 Å². The lowest BCUT2D eigenvalue weighted by molar-refractivity contribution is 0.308. The molecule has 0 unspecified atom stereocenters. The Bertz CT molecular complexity index is 631. The van der Waals surface area contributed by atoms with Gasteiger partial charge in [0.1, 0.15) is 0 Å². The Morgan fingerprint density at radius 3 is 2.54 bits per heavy atom. The average molecular weight is 392 g/mol. The number of hydrogen-bond acceptors (Lipinski definition) is 3. The molecule has 0 heterocycles. The first-order valence-electron chi connectivity index (χ1n) is 8.40. The summed E-state index contributed by atoms with van der Waals surface area (Å²) in [4.78, 5) is 0. The number of hydrogen-bond donors (Lipinski definition) is 1. The Balaban J connectivity index is 1.90. The highest BCUT2D eigenvalue weighted by molar-refractivity contribution is 9.10. The van der Waals surface area contributed by atoms with E-state index in [2.05, 4.69) is 64.6 Å². The maximum atomic E-state index is 5.63. The number of methoxy groups -OCH3 is 1. The molecule has 1 atom stereocenters. The summed E-state index contributed by atoms with van der Waals surface area (Å²) in [5, 5.41) is 3.58. The van der Waals surface area contributed by atoms with Crippen molar-refractivity contribution in [2.24, 2.45) is 0 Å². The first-order valence-corrected chi connectivity index (χ1v) is 9.19. The van der Waals surface area contributed by atoms with Crippen molar-refractivity contribution in [3.63, 3.8) is 0 Å². The Hall–Kier alpha value is -1.52.